The minimum atomic E-state index is -0.154. The highest BCUT2D eigenvalue weighted by molar-refractivity contribution is 5.92. The minimum absolute atomic E-state index is 0.00933. The lowest BCUT2D eigenvalue weighted by molar-refractivity contribution is -0.118. The Hall–Kier alpha value is -2.49. The zero-order valence-electron chi connectivity index (χ0n) is 14.1. The lowest BCUT2D eigenvalue weighted by Crippen LogP contribution is -2.34. The van der Waals surface area contributed by atoms with Gasteiger partial charge in [0.2, 0.25) is 0 Å². The van der Waals surface area contributed by atoms with Crippen LogP contribution < -0.4 is 15.0 Å². The van der Waals surface area contributed by atoms with Crippen molar-refractivity contribution in [3.05, 3.63) is 54.6 Å². The number of hydrogen-bond acceptors (Lipinski definition) is 3. The summed E-state index contributed by atoms with van der Waals surface area (Å²) in [5, 5.41) is 2.87. The number of benzene rings is 2. The van der Waals surface area contributed by atoms with Crippen molar-refractivity contribution in [2.75, 3.05) is 29.9 Å². The van der Waals surface area contributed by atoms with E-state index in [1.807, 2.05) is 42.5 Å². The number of rotatable bonds is 5. The Balaban J connectivity index is 1.51. The maximum atomic E-state index is 12.0. The highest BCUT2D eigenvalue weighted by Crippen LogP contribution is 2.24. The van der Waals surface area contributed by atoms with Crippen LogP contribution in [0.5, 0.6) is 5.75 Å². The molecule has 0 saturated carbocycles. The summed E-state index contributed by atoms with van der Waals surface area (Å²) >= 11 is 0. The Kier molecular flexibility index (Phi) is 5.36. The lowest BCUT2D eigenvalue weighted by atomic mass is 10.00. The van der Waals surface area contributed by atoms with E-state index in [0.717, 1.165) is 24.7 Å². The molecule has 0 aromatic heterocycles. The van der Waals surface area contributed by atoms with E-state index in [4.69, 9.17) is 4.74 Å². The summed E-state index contributed by atoms with van der Waals surface area (Å²) in [6, 6.07) is 17.4. The predicted molar refractivity (Wildman–Crippen MR) is 97.6 cm³/mol. The first-order chi connectivity index (χ1) is 11.7. The van der Waals surface area contributed by atoms with E-state index in [0.29, 0.717) is 5.75 Å². The monoisotopic (exact) mass is 324 g/mol. The third-order valence-electron chi connectivity index (χ3n) is 4.29. The van der Waals surface area contributed by atoms with Gasteiger partial charge in [0.1, 0.15) is 5.75 Å². The highest BCUT2D eigenvalue weighted by atomic mass is 16.5. The van der Waals surface area contributed by atoms with Crippen LogP contribution in [0.2, 0.25) is 0 Å². The third-order valence-corrected chi connectivity index (χ3v) is 4.29. The molecule has 2 aromatic rings. The molecule has 1 saturated heterocycles. The van der Waals surface area contributed by atoms with Gasteiger partial charge in [-0.2, -0.15) is 0 Å². The molecule has 0 spiro atoms. The molecule has 126 valence electrons. The molecular formula is C20H24N2O2. The van der Waals surface area contributed by atoms with E-state index in [-0.39, 0.29) is 12.5 Å². The fourth-order valence-corrected chi connectivity index (χ4v) is 3.04. The van der Waals surface area contributed by atoms with Crippen LogP contribution in [0.4, 0.5) is 11.4 Å². The summed E-state index contributed by atoms with van der Waals surface area (Å²) in [5.41, 5.74) is 2.02. The number of para-hydroxylation sites is 1. The Bertz CT molecular complexity index is 655. The van der Waals surface area contributed by atoms with E-state index in [1.165, 1.54) is 18.5 Å². The molecule has 0 aliphatic carbocycles. The number of anilines is 2. The molecule has 4 heteroatoms. The number of amides is 1. The number of ether oxygens (including phenoxy) is 1. The second-order valence-corrected chi connectivity index (χ2v) is 6.39. The molecular weight excluding hydrogens is 300 g/mol. The van der Waals surface area contributed by atoms with Gasteiger partial charge in [0.25, 0.3) is 5.91 Å². The predicted octanol–water partition coefficient (Wildman–Crippen LogP) is 3.94. The zero-order valence-corrected chi connectivity index (χ0v) is 14.1. The summed E-state index contributed by atoms with van der Waals surface area (Å²) < 4.78 is 5.45. The molecule has 4 nitrogen and oxygen atoms in total. The summed E-state index contributed by atoms with van der Waals surface area (Å²) in [7, 11) is 0. The highest BCUT2D eigenvalue weighted by Gasteiger charge is 2.16. The van der Waals surface area contributed by atoms with Crippen LogP contribution in [0.25, 0.3) is 0 Å². The largest absolute Gasteiger partial charge is 0.484 e. The Morgan fingerprint density at radius 1 is 1.17 bits per heavy atom. The van der Waals surface area contributed by atoms with Crippen LogP contribution >= 0.6 is 0 Å². The third kappa shape index (κ3) is 4.51. The molecule has 1 atom stereocenters. The van der Waals surface area contributed by atoms with Gasteiger partial charge in [-0.05, 0) is 55.2 Å². The van der Waals surface area contributed by atoms with Crippen molar-refractivity contribution < 1.29 is 9.53 Å². The van der Waals surface area contributed by atoms with Crippen LogP contribution in [0.15, 0.2) is 54.6 Å². The molecule has 1 N–H and O–H groups in total. The molecule has 1 aliphatic heterocycles. The molecule has 1 unspecified atom stereocenters. The topological polar surface area (TPSA) is 41.6 Å². The van der Waals surface area contributed by atoms with Crippen molar-refractivity contribution in [3.8, 4) is 5.75 Å². The van der Waals surface area contributed by atoms with Gasteiger partial charge in [-0.3, -0.25) is 4.79 Å². The maximum Gasteiger partial charge on any atom is 0.262 e. The van der Waals surface area contributed by atoms with Crippen molar-refractivity contribution in [2.45, 2.75) is 19.8 Å². The maximum absolute atomic E-state index is 12.0. The van der Waals surface area contributed by atoms with Gasteiger partial charge in [0.15, 0.2) is 6.61 Å². The Labute approximate surface area is 143 Å². The number of nitrogens with one attached hydrogen (secondary N) is 1. The molecule has 1 fully saturated rings. The normalized spacial score (nSPS) is 17.4. The van der Waals surface area contributed by atoms with Crippen LogP contribution in [-0.4, -0.2) is 25.6 Å². The zero-order chi connectivity index (χ0) is 16.8. The van der Waals surface area contributed by atoms with Gasteiger partial charge < -0.3 is 15.0 Å². The lowest BCUT2D eigenvalue weighted by Gasteiger charge is -2.32. The molecule has 3 rings (SSSR count). The van der Waals surface area contributed by atoms with Crippen molar-refractivity contribution in [1.82, 2.24) is 0 Å². The van der Waals surface area contributed by atoms with Gasteiger partial charge >= 0.3 is 0 Å². The average molecular weight is 324 g/mol. The van der Waals surface area contributed by atoms with Crippen molar-refractivity contribution >= 4 is 17.3 Å². The first-order valence-electron chi connectivity index (χ1n) is 8.53. The number of carbonyl (C=O) groups excluding carboxylic acids is 1. The SMILES string of the molecule is CC1CCCN(c2ccc(NC(=O)COc3ccccc3)cc2)C1. The van der Waals surface area contributed by atoms with E-state index in [9.17, 15) is 4.79 Å². The van der Waals surface area contributed by atoms with Crippen LogP contribution in [-0.2, 0) is 4.79 Å². The summed E-state index contributed by atoms with van der Waals surface area (Å²) in [6.07, 6.45) is 2.56. The van der Waals surface area contributed by atoms with Crippen LogP contribution in [0, 0.1) is 5.92 Å². The molecule has 0 bridgehead atoms. The second-order valence-electron chi connectivity index (χ2n) is 6.39. The van der Waals surface area contributed by atoms with Crippen molar-refractivity contribution in [1.29, 1.82) is 0 Å². The van der Waals surface area contributed by atoms with E-state index in [2.05, 4.69) is 29.3 Å². The quantitative estimate of drug-likeness (QED) is 0.906. The van der Waals surface area contributed by atoms with Crippen molar-refractivity contribution in [3.63, 3.8) is 0 Å². The fraction of sp³-hybridized carbons (Fsp3) is 0.350. The van der Waals surface area contributed by atoms with Crippen LogP contribution in [0.1, 0.15) is 19.8 Å². The number of carbonyl (C=O) groups is 1. The van der Waals surface area contributed by atoms with Gasteiger partial charge in [-0.1, -0.05) is 25.1 Å². The molecule has 24 heavy (non-hydrogen) atoms. The molecule has 2 aromatic carbocycles. The average Bonchev–Trinajstić information content (AvgIpc) is 2.61. The summed E-state index contributed by atoms with van der Waals surface area (Å²) in [6.45, 7) is 4.53. The van der Waals surface area contributed by atoms with Gasteiger partial charge in [0, 0.05) is 24.5 Å². The van der Waals surface area contributed by atoms with Gasteiger partial charge in [-0.25, -0.2) is 0 Å². The molecule has 1 aliphatic rings. The summed E-state index contributed by atoms with van der Waals surface area (Å²) in [4.78, 5) is 14.4. The smallest absolute Gasteiger partial charge is 0.262 e. The van der Waals surface area contributed by atoms with E-state index >= 15 is 0 Å². The Morgan fingerprint density at radius 3 is 2.62 bits per heavy atom. The Morgan fingerprint density at radius 2 is 1.92 bits per heavy atom. The summed E-state index contributed by atoms with van der Waals surface area (Å²) in [5.74, 6) is 1.29. The van der Waals surface area contributed by atoms with Gasteiger partial charge in [0.05, 0.1) is 0 Å². The van der Waals surface area contributed by atoms with E-state index in [1.54, 1.807) is 0 Å². The minimum Gasteiger partial charge on any atom is -0.484 e. The van der Waals surface area contributed by atoms with Crippen molar-refractivity contribution in [2.24, 2.45) is 5.92 Å². The fourth-order valence-electron chi connectivity index (χ4n) is 3.04. The second kappa shape index (κ2) is 7.86. The van der Waals surface area contributed by atoms with Gasteiger partial charge in [-0.15, -0.1) is 0 Å². The standard InChI is InChI=1S/C20H24N2O2/c1-16-6-5-13-22(14-16)18-11-9-17(10-12-18)21-20(23)15-24-19-7-3-2-4-8-19/h2-4,7-12,16H,5-6,13-15H2,1H3,(H,21,23). The molecule has 0 radical (unpaired) electrons. The van der Waals surface area contributed by atoms with E-state index < -0.39 is 0 Å². The first-order valence-corrected chi connectivity index (χ1v) is 8.53. The number of piperidine rings is 1. The molecule has 1 heterocycles. The molecule has 1 amide bonds. The number of hydrogen-bond donors (Lipinski definition) is 1. The number of nitrogens with zero attached hydrogens (tertiary/aromatic N) is 1. The first kappa shape index (κ1) is 16.4. The van der Waals surface area contributed by atoms with Crippen LogP contribution in [0.3, 0.4) is 0 Å².